The Morgan fingerprint density at radius 3 is 2.28 bits per heavy atom. The number of halogens is 4. The van der Waals surface area contributed by atoms with E-state index in [2.05, 4.69) is 10.1 Å². The largest absolute Gasteiger partial charge is 0.501 e. The van der Waals surface area contributed by atoms with Gasteiger partial charge in [0.25, 0.3) is 5.91 Å². The molecule has 0 atom stereocenters. The van der Waals surface area contributed by atoms with Crippen LogP contribution in [0.3, 0.4) is 0 Å². The number of carbonyl (C=O) groups is 1. The maximum Gasteiger partial charge on any atom is 0.416 e. The van der Waals surface area contributed by atoms with E-state index < -0.39 is 23.5 Å². The molecule has 0 aliphatic rings. The van der Waals surface area contributed by atoms with Crippen molar-refractivity contribution in [3.8, 4) is 0 Å². The van der Waals surface area contributed by atoms with E-state index in [-0.39, 0.29) is 5.69 Å². The molecule has 18 heavy (non-hydrogen) atoms. The third-order valence-electron chi connectivity index (χ3n) is 1.91. The zero-order valence-electron chi connectivity index (χ0n) is 9.22. The lowest BCUT2D eigenvalue weighted by Gasteiger charge is -2.08. The van der Waals surface area contributed by atoms with Crippen LogP contribution in [0.1, 0.15) is 5.56 Å². The minimum atomic E-state index is -4.45. The van der Waals surface area contributed by atoms with Gasteiger partial charge >= 0.3 is 6.18 Å². The van der Waals surface area contributed by atoms with E-state index in [1.807, 2.05) is 0 Å². The van der Waals surface area contributed by atoms with Gasteiger partial charge in [0.15, 0.2) is 0 Å². The monoisotopic (exact) mass is 263 g/mol. The zero-order chi connectivity index (χ0) is 13.8. The highest BCUT2D eigenvalue weighted by atomic mass is 19.4. The minimum Gasteiger partial charge on any atom is -0.501 e. The number of methoxy groups -OCH3 is 1. The standard InChI is InChI=1S/C11H9F4NO2/c1-18-6-9(12)10(17)16-8-4-2-7(3-5-8)11(13,14)15/h2-6H,1H3,(H,16,17)/b9-6-. The lowest BCUT2D eigenvalue weighted by Crippen LogP contribution is -2.12. The summed E-state index contributed by atoms with van der Waals surface area (Å²) in [6.07, 6.45) is -3.87. The second-order valence-corrected chi connectivity index (χ2v) is 3.23. The molecule has 0 spiro atoms. The molecule has 3 nitrogen and oxygen atoms in total. The van der Waals surface area contributed by atoms with E-state index in [4.69, 9.17) is 0 Å². The first-order valence-electron chi connectivity index (χ1n) is 4.71. The van der Waals surface area contributed by atoms with Crippen LogP contribution in [-0.2, 0) is 15.7 Å². The molecule has 1 N–H and O–H groups in total. The molecule has 0 aliphatic heterocycles. The number of alkyl halides is 3. The first-order chi connectivity index (χ1) is 8.34. The highest BCUT2D eigenvalue weighted by molar-refractivity contribution is 6.01. The first kappa shape index (κ1) is 14.0. The molecule has 7 heteroatoms. The molecule has 1 amide bonds. The lowest BCUT2D eigenvalue weighted by molar-refractivity contribution is -0.137. The second kappa shape index (κ2) is 5.52. The quantitative estimate of drug-likeness (QED) is 0.517. The molecule has 0 heterocycles. The van der Waals surface area contributed by atoms with E-state index >= 15 is 0 Å². The van der Waals surface area contributed by atoms with Gasteiger partial charge in [0.05, 0.1) is 12.7 Å². The van der Waals surface area contributed by atoms with Crippen molar-refractivity contribution >= 4 is 11.6 Å². The number of anilines is 1. The number of ether oxygens (including phenoxy) is 1. The van der Waals surface area contributed by atoms with Crippen LogP contribution in [0, 0.1) is 0 Å². The van der Waals surface area contributed by atoms with E-state index in [1.54, 1.807) is 0 Å². The summed E-state index contributed by atoms with van der Waals surface area (Å²) in [7, 11) is 1.16. The van der Waals surface area contributed by atoms with Crippen molar-refractivity contribution in [2.75, 3.05) is 12.4 Å². The van der Waals surface area contributed by atoms with Crippen molar-refractivity contribution in [3.63, 3.8) is 0 Å². The Bertz CT molecular complexity index is 451. The molecule has 0 saturated carbocycles. The summed E-state index contributed by atoms with van der Waals surface area (Å²) in [6, 6.07) is 3.63. The molecule has 0 fully saturated rings. The molecule has 0 aromatic heterocycles. The number of amides is 1. The molecular weight excluding hydrogens is 254 g/mol. The number of benzene rings is 1. The molecule has 1 rings (SSSR count). The van der Waals surface area contributed by atoms with Gasteiger partial charge in [-0.25, -0.2) is 0 Å². The van der Waals surface area contributed by atoms with Crippen LogP contribution >= 0.6 is 0 Å². The molecule has 0 bridgehead atoms. The Labute approximate surface area is 100 Å². The predicted octanol–water partition coefficient (Wildman–Crippen LogP) is 3.10. The summed E-state index contributed by atoms with van der Waals surface area (Å²) >= 11 is 0. The summed E-state index contributed by atoms with van der Waals surface area (Å²) in [5.41, 5.74) is -0.805. The number of hydrogen-bond acceptors (Lipinski definition) is 2. The van der Waals surface area contributed by atoms with Gasteiger partial charge in [-0.3, -0.25) is 4.79 Å². The summed E-state index contributed by atoms with van der Waals surface area (Å²) < 4.78 is 53.9. The van der Waals surface area contributed by atoms with Crippen LogP contribution < -0.4 is 5.32 Å². The molecule has 0 aliphatic carbocycles. The molecule has 0 radical (unpaired) electrons. The van der Waals surface area contributed by atoms with Crippen LogP contribution in [0.15, 0.2) is 36.4 Å². The third-order valence-corrected chi connectivity index (χ3v) is 1.91. The van der Waals surface area contributed by atoms with Gasteiger partial charge in [0.1, 0.15) is 6.26 Å². The molecule has 1 aromatic rings. The summed E-state index contributed by atoms with van der Waals surface area (Å²) in [5.74, 6) is -2.28. The smallest absolute Gasteiger partial charge is 0.416 e. The zero-order valence-corrected chi connectivity index (χ0v) is 9.22. The molecule has 98 valence electrons. The van der Waals surface area contributed by atoms with Crippen molar-refractivity contribution in [2.24, 2.45) is 0 Å². The van der Waals surface area contributed by atoms with Crippen LogP contribution in [0.4, 0.5) is 23.2 Å². The fourth-order valence-corrected chi connectivity index (χ4v) is 1.09. The maximum atomic E-state index is 12.9. The predicted molar refractivity (Wildman–Crippen MR) is 56.3 cm³/mol. The van der Waals surface area contributed by atoms with Gasteiger partial charge in [-0.15, -0.1) is 0 Å². The van der Waals surface area contributed by atoms with Crippen molar-refractivity contribution in [3.05, 3.63) is 41.9 Å². The Balaban J connectivity index is 2.76. The SMILES string of the molecule is CO/C=C(\F)C(=O)Nc1ccc(C(F)(F)F)cc1. The van der Waals surface area contributed by atoms with E-state index in [9.17, 15) is 22.4 Å². The van der Waals surface area contributed by atoms with Crippen LogP contribution in [0.2, 0.25) is 0 Å². The van der Waals surface area contributed by atoms with E-state index in [0.29, 0.717) is 6.26 Å². The average molecular weight is 263 g/mol. The van der Waals surface area contributed by atoms with Crippen LogP contribution in [0.5, 0.6) is 0 Å². The van der Waals surface area contributed by atoms with Crippen LogP contribution in [0.25, 0.3) is 0 Å². The molecule has 0 unspecified atom stereocenters. The second-order valence-electron chi connectivity index (χ2n) is 3.23. The molecule has 1 aromatic carbocycles. The highest BCUT2D eigenvalue weighted by Gasteiger charge is 2.30. The van der Waals surface area contributed by atoms with Gasteiger partial charge in [-0.05, 0) is 24.3 Å². The Kier molecular flexibility index (Phi) is 4.30. The summed E-state index contributed by atoms with van der Waals surface area (Å²) in [4.78, 5) is 11.1. The number of nitrogens with one attached hydrogen (secondary N) is 1. The average Bonchev–Trinajstić information content (AvgIpc) is 2.28. The summed E-state index contributed by atoms with van der Waals surface area (Å²) in [5, 5.41) is 2.08. The number of carbonyl (C=O) groups excluding carboxylic acids is 1. The molecular formula is C11H9F4NO2. The van der Waals surface area contributed by atoms with E-state index in [0.717, 1.165) is 31.4 Å². The van der Waals surface area contributed by atoms with Gasteiger partial charge < -0.3 is 10.1 Å². The Morgan fingerprint density at radius 1 is 1.28 bits per heavy atom. The van der Waals surface area contributed by atoms with Gasteiger partial charge in [-0.1, -0.05) is 0 Å². The molecule has 0 saturated heterocycles. The number of hydrogen-bond donors (Lipinski definition) is 1. The Morgan fingerprint density at radius 2 is 1.83 bits per heavy atom. The number of rotatable bonds is 3. The van der Waals surface area contributed by atoms with Gasteiger partial charge in [0, 0.05) is 5.69 Å². The highest BCUT2D eigenvalue weighted by Crippen LogP contribution is 2.29. The van der Waals surface area contributed by atoms with Crippen molar-refractivity contribution < 1.29 is 27.1 Å². The lowest BCUT2D eigenvalue weighted by atomic mass is 10.2. The van der Waals surface area contributed by atoms with Gasteiger partial charge in [0.2, 0.25) is 5.83 Å². The minimum absolute atomic E-state index is 0.0488. The fraction of sp³-hybridized carbons (Fsp3) is 0.182. The van der Waals surface area contributed by atoms with Crippen molar-refractivity contribution in [1.82, 2.24) is 0 Å². The van der Waals surface area contributed by atoms with Crippen molar-refractivity contribution in [2.45, 2.75) is 6.18 Å². The topological polar surface area (TPSA) is 38.3 Å². The maximum absolute atomic E-state index is 12.9. The van der Waals surface area contributed by atoms with E-state index in [1.165, 1.54) is 0 Å². The Hall–Kier alpha value is -2.05. The van der Waals surface area contributed by atoms with Crippen LogP contribution in [-0.4, -0.2) is 13.0 Å². The first-order valence-corrected chi connectivity index (χ1v) is 4.71. The normalized spacial score (nSPS) is 12.2. The fourth-order valence-electron chi connectivity index (χ4n) is 1.09. The summed E-state index contributed by atoms with van der Waals surface area (Å²) in [6.45, 7) is 0. The van der Waals surface area contributed by atoms with Crippen molar-refractivity contribution in [1.29, 1.82) is 0 Å². The van der Waals surface area contributed by atoms with Gasteiger partial charge in [-0.2, -0.15) is 17.6 Å². The third kappa shape index (κ3) is 3.76.